The Morgan fingerprint density at radius 1 is 1.19 bits per heavy atom. The lowest BCUT2D eigenvalue weighted by atomic mass is 9.68. The van der Waals surface area contributed by atoms with Crippen molar-refractivity contribution in [3.05, 3.63) is 23.8 Å². The Morgan fingerprint density at radius 3 is 2.76 bits per heavy atom. The zero-order chi connectivity index (χ0) is 14.7. The van der Waals surface area contributed by atoms with Crippen LogP contribution in [0.15, 0.2) is 18.2 Å². The third-order valence-corrected chi connectivity index (χ3v) is 6.22. The van der Waals surface area contributed by atoms with Crippen LogP contribution < -0.4 is 14.8 Å². The normalized spacial score (nSPS) is 35.4. The largest absolute Gasteiger partial charge is 0.454 e. The minimum absolute atomic E-state index is 0.349. The van der Waals surface area contributed by atoms with E-state index in [9.17, 15) is 0 Å². The lowest BCUT2D eigenvalue weighted by Gasteiger charge is -2.43. The van der Waals surface area contributed by atoms with E-state index in [0.717, 1.165) is 24.0 Å². The average Bonchev–Trinajstić information content (AvgIpc) is 3.08. The van der Waals surface area contributed by atoms with Gasteiger partial charge in [-0.15, -0.1) is 0 Å². The van der Waals surface area contributed by atoms with E-state index in [1.165, 1.54) is 24.8 Å². The first-order valence-corrected chi connectivity index (χ1v) is 8.11. The van der Waals surface area contributed by atoms with E-state index < -0.39 is 0 Å². The van der Waals surface area contributed by atoms with Crippen LogP contribution in [0, 0.1) is 16.7 Å². The molecule has 0 aromatic heterocycles. The van der Waals surface area contributed by atoms with Crippen molar-refractivity contribution in [2.75, 3.05) is 6.79 Å². The van der Waals surface area contributed by atoms with Crippen molar-refractivity contribution < 1.29 is 9.47 Å². The molecule has 3 unspecified atom stereocenters. The smallest absolute Gasteiger partial charge is 0.231 e. The fourth-order valence-electron chi connectivity index (χ4n) is 5.08. The van der Waals surface area contributed by atoms with Crippen LogP contribution in [0.1, 0.15) is 45.6 Å². The number of nitrogens with one attached hydrogen (secondary N) is 1. The predicted molar refractivity (Wildman–Crippen MR) is 82.4 cm³/mol. The first-order chi connectivity index (χ1) is 9.99. The molecule has 3 heteroatoms. The molecule has 1 aromatic carbocycles. The van der Waals surface area contributed by atoms with Gasteiger partial charge < -0.3 is 14.8 Å². The lowest BCUT2D eigenvalue weighted by molar-refractivity contribution is 0.108. The average molecular weight is 287 g/mol. The maximum absolute atomic E-state index is 5.47. The molecule has 1 N–H and O–H groups in total. The first-order valence-electron chi connectivity index (χ1n) is 8.11. The van der Waals surface area contributed by atoms with Crippen molar-refractivity contribution in [3.63, 3.8) is 0 Å². The van der Waals surface area contributed by atoms with E-state index in [-0.39, 0.29) is 0 Å². The number of ether oxygens (including phenoxy) is 2. The molecule has 2 aliphatic carbocycles. The monoisotopic (exact) mass is 287 g/mol. The highest BCUT2D eigenvalue weighted by atomic mass is 16.7. The Hall–Kier alpha value is -1.22. The van der Waals surface area contributed by atoms with Gasteiger partial charge in [0.2, 0.25) is 6.79 Å². The fourth-order valence-corrected chi connectivity index (χ4v) is 5.08. The van der Waals surface area contributed by atoms with Gasteiger partial charge in [0, 0.05) is 12.6 Å². The lowest BCUT2D eigenvalue weighted by Crippen LogP contribution is -2.49. The van der Waals surface area contributed by atoms with Crippen LogP contribution in [-0.2, 0) is 6.54 Å². The minimum Gasteiger partial charge on any atom is -0.454 e. The summed E-state index contributed by atoms with van der Waals surface area (Å²) in [6, 6.07) is 6.88. The van der Waals surface area contributed by atoms with Gasteiger partial charge in [0.25, 0.3) is 0 Å². The molecular weight excluding hydrogens is 262 g/mol. The molecule has 21 heavy (non-hydrogen) atoms. The molecule has 0 saturated heterocycles. The van der Waals surface area contributed by atoms with Gasteiger partial charge in [-0.05, 0) is 53.7 Å². The van der Waals surface area contributed by atoms with E-state index in [2.05, 4.69) is 38.2 Å². The Kier molecular flexibility index (Phi) is 2.81. The summed E-state index contributed by atoms with van der Waals surface area (Å²) >= 11 is 0. The molecule has 0 amide bonds. The molecular formula is C18H25NO2. The summed E-state index contributed by atoms with van der Waals surface area (Å²) in [6.07, 6.45) is 4.17. The second-order valence-corrected chi connectivity index (χ2v) is 7.92. The van der Waals surface area contributed by atoms with Gasteiger partial charge in [0.15, 0.2) is 11.5 Å². The number of hydrogen-bond donors (Lipinski definition) is 1. The first kappa shape index (κ1) is 13.4. The molecule has 4 rings (SSSR count). The summed E-state index contributed by atoms with van der Waals surface area (Å²) in [5.41, 5.74) is 2.16. The van der Waals surface area contributed by atoms with Crippen molar-refractivity contribution in [2.24, 2.45) is 16.7 Å². The molecule has 114 valence electrons. The molecule has 3 nitrogen and oxygen atoms in total. The molecule has 2 fully saturated rings. The van der Waals surface area contributed by atoms with Crippen molar-refractivity contribution in [2.45, 2.75) is 52.6 Å². The molecule has 3 atom stereocenters. The Bertz CT molecular complexity index is 564. The highest BCUT2D eigenvalue weighted by Gasteiger charge is 2.58. The van der Waals surface area contributed by atoms with Crippen molar-refractivity contribution in [1.29, 1.82) is 0 Å². The van der Waals surface area contributed by atoms with Crippen LogP contribution in [-0.4, -0.2) is 12.8 Å². The Labute approximate surface area is 127 Å². The van der Waals surface area contributed by atoms with Crippen LogP contribution >= 0.6 is 0 Å². The minimum atomic E-state index is 0.349. The number of rotatable bonds is 3. The highest BCUT2D eigenvalue weighted by molar-refractivity contribution is 5.44. The maximum atomic E-state index is 5.47. The second kappa shape index (κ2) is 4.39. The van der Waals surface area contributed by atoms with Gasteiger partial charge in [0.05, 0.1) is 0 Å². The summed E-state index contributed by atoms with van der Waals surface area (Å²) < 4.78 is 10.8. The molecule has 2 saturated carbocycles. The van der Waals surface area contributed by atoms with Gasteiger partial charge in [0.1, 0.15) is 0 Å². The van der Waals surface area contributed by atoms with Crippen LogP contribution in [0.2, 0.25) is 0 Å². The molecule has 1 heterocycles. The van der Waals surface area contributed by atoms with Crippen molar-refractivity contribution in [1.82, 2.24) is 5.32 Å². The third kappa shape index (κ3) is 1.97. The van der Waals surface area contributed by atoms with Crippen LogP contribution in [0.25, 0.3) is 0 Å². The van der Waals surface area contributed by atoms with Gasteiger partial charge in [-0.3, -0.25) is 0 Å². The summed E-state index contributed by atoms with van der Waals surface area (Å²) in [5, 5.41) is 3.85. The summed E-state index contributed by atoms with van der Waals surface area (Å²) in [7, 11) is 0. The van der Waals surface area contributed by atoms with Crippen LogP contribution in [0.3, 0.4) is 0 Å². The van der Waals surface area contributed by atoms with E-state index >= 15 is 0 Å². The Morgan fingerprint density at radius 2 is 2.00 bits per heavy atom. The van der Waals surface area contributed by atoms with Gasteiger partial charge in [-0.2, -0.15) is 0 Å². The summed E-state index contributed by atoms with van der Waals surface area (Å²) in [5.74, 6) is 2.63. The topological polar surface area (TPSA) is 30.5 Å². The van der Waals surface area contributed by atoms with E-state index in [1.54, 1.807) is 0 Å². The number of hydrogen-bond acceptors (Lipinski definition) is 3. The molecule has 1 aliphatic heterocycles. The molecule has 1 aromatic rings. The highest BCUT2D eigenvalue weighted by Crippen LogP contribution is 2.62. The van der Waals surface area contributed by atoms with E-state index in [0.29, 0.717) is 23.7 Å². The number of fused-ring (bicyclic) bond motifs is 3. The van der Waals surface area contributed by atoms with E-state index in [4.69, 9.17) is 9.47 Å². The van der Waals surface area contributed by atoms with E-state index in [1.807, 2.05) is 6.07 Å². The second-order valence-electron chi connectivity index (χ2n) is 7.92. The molecule has 0 spiro atoms. The standard InChI is InChI=1S/C18H25NO2/c1-17(2)13-6-7-18(3,9-13)16(17)19-10-12-4-5-14-15(8-12)21-11-20-14/h4-5,8,13,16,19H,6-7,9-11H2,1-3H3. The Balaban J connectivity index is 1.49. The quantitative estimate of drug-likeness (QED) is 0.919. The molecule has 3 aliphatic rings. The fraction of sp³-hybridized carbons (Fsp3) is 0.667. The van der Waals surface area contributed by atoms with Crippen LogP contribution in [0.4, 0.5) is 0 Å². The van der Waals surface area contributed by atoms with Crippen molar-refractivity contribution in [3.8, 4) is 11.5 Å². The SMILES string of the molecule is CC12CCC(C1)C(C)(C)C2NCc1ccc2c(c1)OCO2. The van der Waals surface area contributed by atoms with Gasteiger partial charge >= 0.3 is 0 Å². The zero-order valence-corrected chi connectivity index (χ0v) is 13.2. The zero-order valence-electron chi connectivity index (χ0n) is 13.2. The van der Waals surface area contributed by atoms with Gasteiger partial charge in [-0.1, -0.05) is 26.8 Å². The predicted octanol–water partition coefficient (Wildman–Crippen LogP) is 3.72. The maximum Gasteiger partial charge on any atom is 0.231 e. The van der Waals surface area contributed by atoms with Crippen LogP contribution in [0.5, 0.6) is 11.5 Å². The summed E-state index contributed by atoms with van der Waals surface area (Å²) in [6.45, 7) is 8.62. The van der Waals surface area contributed by atoms with Gasteiger partial charge in [-0.25, -0.2) is 0 Å². The third-order valence-electron chi connectivity index (χ3n) is 6.22. The molecule has 2 bridgehead atoms. The van der Waals surface area contributed by atoms with Crippen molar-refractivity contribution >= 4 is 0 Å². The molecule has 0 radical (unpaired) electrons. The summed E-state index contributed by atoms with van der Waals surface area (Å²) in [4.78, 5) is 0. The number of benzene rings is 1.